The van der Waals surface area contributed by atoms with Gasteiger partial charge in [-0.3, -0.25) is 14.6 Å². The number of hydrogen-bond acceptors (Lipinski definition) is 5. The number of hydrogen-bond donors (Lipinski definition) is 1. The van der Waals surface area contributed by atoms with Crippen molar-refractivity contribution in [2.75, 3.05) is 32.7 Å². The van der Waals surface area contributed by atoms with Gasteiger partial charge >= 0.3 is 0 Å². The maximum atomic E-state index is 12.8. The third-order valence-corrected chi connectivity index (χ3v) is 6.52. The van der Waals surface area contributed by atoms with Gasteiger partial charge in [0.05, 0.1) is 24.2 Å². The van der Waals surface area contributed by atoms with Crippen molar-refractivity contribution >= 4 is 17.2 Å². The molecule has 2 heterocycles. The summed E-state index contributed by atoms with van der Waals surface area (Å²) in [6, 6.07) is 24.1. The number of benzene rings is 2. The van der Waals surface area contributed by atoms with Crippen LogP contribution in [-0.4, -0.2) is 48.4 Å². The third-order valence-electron chi connectivity index (χ3n) is 5.59. The second-order valence-electron chi connectivity index (χ2n) is 7.79. The average molecular weight is 431 g/mol. The van der Waals surface area contributed by atoms with Crippen molar-refractivity contribution in [3.63, 3.8) is 0 Å². The first-order valence-electron chi connectivity index (χ1n) is 10.5. The fourth-order valence-electron chi connectivity index (χ4n) is 3.88. The summed E-state index contributed by atoms with van der Waals surface area (Å²) in [4.78, 5) is 18.6. The number of thiophene rings is 1. The number of piperazine rings is 1. The van der Waals surface area contributed by atoms with E-state index < -0.39 is 0 Å². The lowest BCUT2D eigenvalue weighted by molar-refractivity contribution is -0.123. The number of carbonyl (C=O) groups excluding carboxylic acids is 1. The predicted octanol–water partition coefficient (Wildman–Crippen LogP) is 3.64. The predicted molar refractivity (Wildman–Crippen MR) is 124 cm³/mol. The molecule has 0 saturated carbocycles. The van der Waals surface area contributed by atoms with E-state index in [1.54, 1.807) is 11.3 Å². The summed E-state index contributed by atoms with van der Waals surface area (Å²) >= 11 is 1.66. The minimum absolute atomic E-state index is 0.0581. The number of nitrogens with one attached hydrogen (secondary N) is 1. The summed E-state index contributed by atoms with van der Waals surface area (Å²) in [7, 11) is 0. The lowest BCUT2D eigenvalue weighted by Crippen LogP contribution is -2.49. The Morgan fingerprint density at radius 2 is 1.68 bits per heavy atom. The number of carbonyl (C=O) groups is 1. The SMILES string of the molecule is N#Cc1ccc(CN2CCN(CC(=O)NC(c3ccccc3)c3cccs3)CC2)cc1. The van der Waals surface area contributed by atoms with Crippen LogP contribution in [0.25, 0.3) is 0 Å². The molecule has 2 aromatic carbocycles. The highest BCUT2D eigenvalue weighted by molar-refractivity contribution is 7.10. The van der Waals surface area contributed by atoms with Gasteiger partial charge in [-0.2, -0.15) is 5.26 Å². The smallest absolute Gasteiger partial charge is 0.234 e. The topological polar surface area (TPSA) is 59.4 Å². The van der Waals surface area contributed by atoms with Gasteiger partial charge in [-0.15, -0.1) is 11.3 Å². The normalized spacial score (nSPS) is 15.8. The zero-order valence-corrected chi connectivity index (χ0v) is 18.2. The van der Waals surface area contributed by atoms with Gasteiger partial charge in [0.1, 0.15) is 0 Å². The van der Waals surface area contributed by atoms with Gasteiger partial charge in [-0.05, 0) is 34.7 Å². The van der Waals surface area contributed by atoms with E-state index in [4.69, 9.17) is 5.26 Å². The molecular formula is C25H26N4OS. The van der Waals surface area contributed by atoms with E-state index in [9.17, 15) is 4.79 Å². The van der Waals surface area contributed by atoms with Crippen LogP contribution in [0.4, 0.5) is 0 Å². The number of rotatable bonds is 7. The zero-order chi connectivity index (χ0) is 21.5. The van der Waals surface area contributed by atoms with E-state index in [2.05, 4.69) is 39.4 Å². The number of nitriles is 1. The first kappa shape index (κ1) is 21.3. The van der Waals surface area contributed by atoms with Crippen molar-refractivity contribution in [3.8, 4) is 6.07 Å². The van der Waals surface area contributed by atoms with Crippen molar-refractivity contribution in [1.29, 1.82) is 5.26 Å². The van der Waals surface area contributed by atoms with Gasteiger partial charge in [-0.1, -0.05) is 48.5 Å². The molecule has 0 radical (unpaired) electrons. The molecule has 0 bridgehead atoms. The van der Waals surface area contributed by atoms with Crippen molar-refractivity contribution in [2.24, 2.45) is 0 Å². The Bertz CT molecular complexity index is 1000. The summed E-state index contributed by atoms with van der Waals surface area (Å²) in [6.45, 7) is 4.90. The molecule has 1 aromatic heterocycles. The lowest BCUT2D eigenvalue weighted by atomic mass is 10.1. The van der Waals surface area contributed by atoms with Crippen LogP contribution in [0.15, 0.2) is 72.1 Å². The molecule has 1 saturated heterocycles. The van der Waals surface area contributed by atoms with Crippen molar-refractivity contribution in [1.82, 2.24) is 15.1 Å². The van der Waals surface area contributed by atoms with Gasteiger partial charge in [0.15, 0.2) is 0 Å². The Kier molecular flexibility index (Phi) is 7.11. The Hall–Kier alpha value is -2.98. The van der Waals surface area contributed by atoms with E-state index in [-0.39, 0.29) is 11.9 Å². The van der Waals surface area contributed by atoms with Crippen LogP contribution < -0.4 is 5.32 Å². The quantitative estimate of drug-likeness (QED) is 0.622. The van der Waals surface area contributed by atoms with E-state index in [0.29, 0.717) is 12.1 Å². The monoisotopic (exact) mass is 430 g/mol. The summed E-state index contributed by atoms with van der Waals surface area (Å²) < 4.78 is 0. The number of amides is 1. The summed E-state index contributed by atoms with van der Waals surface area (Å²) in [5, 5.41) is 14.2. The average Bonchev–Trinajstić information content (AvgIpc) is 3.34. The van der Waals surface area contributed by atoms with Crippen LogP contribution >= 0.6 is 11.3 Å². The summed E-state index contributed by atoms with van der Waals surface area (Å²) in [5.41, 5.74) is 3.01. The molecule has 1 fully saturated rings. The third kappa shape index (κ3) is 5.80. The molecule has 1 N–H and O–H groups in total. The van der Waals surface area contributed by atoms with Crippen LogP contribution in [-0.2, 0) is 11.3 Å². The van der Waals surface area contributed by atoms with Crippen LogP contribution in [0.2, 0.25) is 0 Å². The molecular weight excluding hydrogens is 404 g/mol. The molecule has 0 spiro atoms. The van der Waals surface area contributed by atoms with Crippen molar-refractivity contribution in [3.05, 3.63) is 93.7 Å². The Balaban J connectivity index is 1.28. The fourth-order valence-corrected chi connectivity index (χ4v) is 4.68. The molecule has 4 rings (SSSR count). The Labute approximate surface area is 187 Å². The molecule has 1 amide bonds. The minimum atomic E-state index is -0.105. The molecule has 1 unspecified atom stereocenters. The van der Waals surface area contributed by atoms with Crippen molar-refractivity contribution < 1.29 is 4.79 Å². The highest BCUT2D eigenvalue weighted by Gasteiger charge is 2.22. The first-order chi connectivity index (χ1) is 15.2. The lowest BCUT2D eigenvalue weighted by Gasteiger charge is -2.34. The van der Waals surface area contributed by atoms with E-state index in [1.165, 1.54) is 5.56 Å². The molecule has 158 valence electrons. The second kappa shape index (κ2) is 10.4. The van der Waals surface area contributed by atoms with Crippen LogP contribution in [0, 0.1) is 11.3 Å². The van der Waals surface area contributed by atoms with E-state index >= 15 is 0 Å². The molecule has 1 aliphatic rings. The van der Waals surface area contributed by atoms with Gasteiger partial charge < -0.3 is 5.32 Å². The molecule has 0 aliphatic carbocycles. The Morgan fingerprint density at radius 3 is 2.32 bits per heavy atom. The van der Waals surface area contributed by atoms with Crippen molar-refractivity contribution in [2.45, 2.75) is 12.6 Å². The van der Waals surface area contributed by atoms with Gasteiger partial charge in [-0.25, -0.2) is 0 Å². The van der Waals surface area contributed by atoms with E-state index in [1.807, 2.05) is 53.9 Å². The second-order valence-corrected chi connectivity index (χ2v) is 8.77. The largest absolute Gasteiger partial charge is 0.343 e. The molecule has 1 aliphatic heterocycles. The molecule has 31 heavy (non-hydrogen) atoms. The molecule has 6 heteroatoms. The van der Waals surface area contributed by atoms with E-state index in [0.717, 1.165) is 43.2 Å². The fraction of sp³-hybridized carbons (Fsp3) is 0.280. The minimum Gasteiger partial charge on any atom is -0.343 e. The molecule has 5 nitrogen and oxygen atoms in total. The standard InChI is InChI=1S/C25H26N4OS/c26-17-20-8-10-21(11-9-20)18-28-12-14-29(15-13-28)19-24(30)27-25(23-7-4-16-31-23)22-5-2-1-3-6-22/h1-11,16,25H,12-15,18-19H2,(H,27,30). The van der Waals surface area contributed by atoms with Crippen LogP contribution in [0.5, 0.6) is 0 Å². The number of nitrogens with zero attached hydrogens (tertiary/aromatic N) is 3. The van der Waals surface area contributed by atoms with Gasteiger partial charge in [0.25, 0.3) is 0 Å². The maximum absolute atomic E-state index is 12.8. The maximum Gasteiger partial charge on any atom is 0.234 e. The summed E-state index contributed by atoms with van der Waals surface area (Å²) in [5.74, 6) is 0.0581. The molecule has 3 aromatic rings. The van der Waals surface area contributed by atoms with Gasteiger partial charge in [0.2, 0.25) is 5.91 Å². The Morgan fingerprint density at radius 1 is 0.968 bits per heavy atom. The van der Waals surface area contributed by atoms with Gasteiger partial charge in [0, 0.05) is 37.6 Å². The zero-order valence-electron chi connectivity index (χ0n) is 17.4. The highest BCUT2D eigenvalue weighted by Crippen LogP contribution is 2.25. The molecule has 1 atom stereocenters. The first-order valence-corrected chi connectivity index (χ1v) is 11.4. The van der Waals surface area contributed by atoms with Crippen LogP contribution in [0.3, 0.4) is 0 Å². The summed E-state index contributed by atoms with van der Waals surface area (Å²) in [6.07, 6.45) is 0. The highest BCUT2D eigenvalue weighted by atomic mass is 32.1. The van der Waals surface area contributed by atoms with Crippen LogP contribution in [0.1, 0.15) is 27.6 Å².